The molecule has 0 bridgehead atoms. The lowest BCUT2D eigenvalue weighted by Gasteiger charge is -2.38. The normalized spacial score (nSPS) is 19.4. The van der Waals surface area contributed by atoms with Crippen LogP contribution in [0.5, 0.6) is 0 Å². The van der Waals surface area contributed by atoms with E-state index in [4.69, 9.17) is 23.2 Å². The van der Waals surface area contributed by atoms with Crippen LogP contribution in [0.25, 0.3) is 0 Å². The van der Waals surface area contributed by atoms with Crippen LogP contribution < -0.4 is 0 Å². The summed E-state index contributed by atoms with van der Waals surface area (Å²) in [7, 11) is 0. The maximum absolute atomic E-state index is 14.6. The van der Waals surface area contributed by atoms with E-state index >= 15 is 0 Å². The molecule has 1 fully saturated rings. The number of carbonyl (C=O) groups is 2. The summed E-state index contributed by atoms with van der Waals surface area (Å²) in [4.78, 5) is 26.4. The summed E-state index contributed by atoms with van der Waals surface area (Å²) < 4.78 is 29.3. The van der Waals surface area contributed by atoms with Gasteiger partial charge in [0.2, 0.25) is 5.91 Å². The van der Waals surface area contributed by atoms with Crippen molar-refractivity contribution < 1.29 is 23.5 Å². The summed E-state index contributed by atoms with van der Waals surface area (Å²) in [5, 5.41) is 11.0. The monoisotopic (exact) mass is 442 g/mol. The van der Waals surface area contributed by atoms with Gasteiger partial charge in [0, 0.05) is 10.0 Å². The van der Waals surface area contributed by atoms with Crippen molar-refractivity contribution in [2.75, 3.05) is 13.1 Å². The molecule has 1 aliphatic rings. The van der Waals surface area contributed by atoms with Gasteiger partial charge in [0.15, 0.2) is 0 Å². The van der Waals surface area contributed by atoms with Crippen LogP contribution in [0.4, 0.5) is 13.6 Å². The van der Waals surface area contributed by atoms with E-state index in [0.717, 1.165) is 4.90 Å². The van der Waals surface area contributed by atoms with E-state index < -0.39 is 50.0 Å². The molecule has 0 aromatic heterocycles. The highest BCUT2D eigenvalue weighted by atomic mass is 35.5. The third-order valence-corrected chi connectivity index (χ3v) is 5.16. The molecule has 0 saturated carbocycles. The van der Waals surface area contributed by atoms with Gasteiger partial charge in [-0.15, -0.1) is 0 Å². The number of benzene rings is 2. The number of halogens is 4. The number of aliphatic hydroxyl groups is 1. The zero-order valence-electron chi connectivity index (χ0n) is 15.1. The highest BCUT2D eigenvalue weighted by molar-refractivity contribution is 6.30. The van der Waals surface area contributed by atoms with Crippen LogP contribution in [0.2, 0.25) is 10.0 Å². The highest BCUT2D eigenvalue weighted by Gasteiger charge is 2.40. The highest BCUT2D eigenvalue weighted by Crippen LogP contribution is 2.27. The van der Waals surface area contributed by atoms with Crippen molar-refractivity contribution in [3.05, 3.63) is 69.7 Å². The second-order valence-electron chi connectivity index (χ2n) is 6.66. The Hall–Kier alpha value is -2.22. The number of imide groups is 1. The fraction of sp³-hybridized carbons (Fsp3) is 0.300. The molecule has 9 heteroatoms. The molecule has 3 rings (SSSR count). The summed E-state index contributed by atoms with van der Waals surface area (Å²) in [6, 6.07) is 10.9. The maximum atomic E-state index is 14.6. The topological polar surface area (TPSA) is 60.9 Å². The summed E-state index contributed by atoms with van der Waals surface area (Å²) in [6.45, 7) is -1.02. The van der Waals surface area contributed by atoms with Crippen molar-refractivity contribution in [3.63, 3.8) is 0 Å². The molecular weight excluding hydrogens is 425 g/mol. The van der Waals surface area contributed by atoms with Gasteiger partial charge in [-0.3, -0.25) is 14.6 Å². The SMILES string of the molecule is O=C1CC(O)N(C[C@H](F)c2ccc(Cl)cc2)C(=O)N1C[C@@H](F)c1ccc(Cl)cc1. The lowest BCUT2D eigenvalue weighted by molar-refractivity contribution is -0.140. The van der Waals surface area contributed by atoms with E-state index in [1.165, 1.54) is 48.5 Å². The standard InChI is InChI=1S/C20H18Cl2F2N2O3/c21-14-5-1-12(2-6-14)16(23)10-25-18(27)9-19(28)26(20(25)29)11-17(24)13-3-7-15(22)8-4-13/h1-8,16-18,27H,9-11H2/t16-,17+,18?/m0/s1. The molecule has 154 valence electrons. The Bertz CT molecular complexity index is 880. The molecule has 5 nitrogen and oxygen atoms in total. The van der Waals surface area contributed by atoms with E-state index in [0.29, 0.717) is 14.9 Å². The van der Waals surface area contributed by atoms with E-state index in [2.05, 4.69) is 0 Å². The first kappa shape index (κ1) is 21.5. The predicted molar refractivity (Wildman–Crippen MR) is 105 cm³/mol. The molecule has 3 amide bonds. The fourth-order valence-corrected chi connectivity index (χ4v) is 3.28. The van der Waals surface area contributed by atoms with Gasteiger partial charge in [-0.05, 0) is 35.4 Å². The Balaban J connectivity index is 1.72. The minimum atomic E-state index is -1.64. The largest absolute Gasteiger partial charge is 0.373 e. The van der Waals surface area contributed by atoms with Crippen LogP contribution in [-0.2, 0) is 4.79 Å². The summed E-state index contributed by atoms with van der Waals surface area (Å²) in [6.07, 6.45) is -5.18. The first-order valence-corrected chi connectivity index (χ1v) is 9.60. The first-order chi connectivity index (χ1) is 13.8. The van der Waals surface area contributed by atoms with Crippen molar-refractivity contribution in [1.82, 2.24) is 9.80 Å². The van der Waals surface area contributed by atoms with Crippen molar-refractivity contribution >= 4 is 35.1 Å². The number of carbonyl (C=O) groups excluding carboxylic acids is 2. The van der Waals surface area contributed by atoms with Crippen molar-refractivity contribution in [2.24, 2.45) is 0 Å². The maximum Gasteiger partial charge on any atom is 0.328 e. The number of urea groups is 1. The quantitative estimate of drug-likeness (QED) is 0.705. The van der Waals surface area contributed by atoms with Crippen molar-refractivity contribution in [2.45, 2.75) is 25.0 Å². The molecule has 1 heterocycles. The average molecular weight is 443 g/mol. The van der Waals surface area contributed by atoms with E-state index in [1.807, 2.05) is 0 Å². The van der Waals surface area contributed by atoms with E-state index in [1.54, 1.807) is 0 Å². The molecule has 2 aromatic rings. The molecule has 0 spiro atoms. The molecule has 1 saturated heterocycles. The van der Waals surface area contributed by atoms with E-state index in [-0.39, 0.29) is 11.1 Å². The predicted octanol–water partition coefficient (Wildman–Crippen LogP) is 4.69. The second kappa shape index (κ2) is 9.07. The minimum absolute atomic E-state index is 0.247. The number of rotatable bonds is 6. The molecule has 3 atom stereocenters. The Labute approximate surface area is 176 Å². The zero-order valence-corrected chi connectivity index (χ0v) is 16.7. The third kappa shape index (κ3) is 5.04. The molecule has 0 aliphatic carbocycles. The smallest absolute Gasteiger partial charge is 0.328 e. The number of aliphatic hydroxyl groups excluding tert-OH is 1. The average Bonchev–Trinajstić information content (AvgIpc) is 2.69. The lowest BCUT2D eigenvalue weighted by Crippen LogP contribution is -2.58. The lowest BCUT2D eigenvalue weighted by atomic mass is 10.1. The van der Waals surface area contributed by atoms with Crippen molar-refractivity contribution in [1.29, 1.82) is 0 Å². The van der Waals surface area contributed by atoms with Crippen LogP contribution in [0, 0.1) is 0 Å². The molecule has 2 aromatic carbocycles. The van der Waals surface area contributed by atoms with Gasteiger partial charge < -0.3 is 5.11 Å². The molecule has 29 heavy (non-hydrogen) atoms. The van der Waals surface area contributed by atoms with Gasteiger partial charge in [0.05, 0.1) is 19.5 Å². The zero-order chi connectivity index (χ0) is 21.1. The Morgan fingerprint density at radius 3 is 1.83 bits per heavy atom. The van der Waals surface area contributed by atoms with Crippen LogP contribution in [0.1, 0.15) is 29.9 Å². The number of hydrogen-bond acceptors (Lipinski definition) is 3. The minimum Gasteiger partial charge on any atom is -0.373 e. The van der Waals surface area contributed by atoms with E-state index in [9.17, 15) is 23.5 Å². The number of amides is 3. The summed E-state index contributed by atoms with van der Waals surface area (Å²) in [5.74, 6) is -0.725. The van der Waals surface area contributed by atoms with Gasteiger partial charge in [-0.2, -0.15) is 0 Å². The summed E-state index contributed by atoms with van der Waals surface area (Å²) in [5.41, 5.74) is 0.514. The Morgan fingerprint density at radius 1 is 0.897 bits per heavy atom. The first-order valence-electron chi connectivity index (χ1n) is 8.84. The number of nitrogens with zero attached hydrogens (tertiary/aromatic N) is 2. The summed E-state index contributed by atoms with van der Waals surface area (Å²) >= 11 is 11.6. The molecular formula is C20H18Cl2F2N2O3. The number of hydrogen-bond donors (Lipinski definition) is 1. The molecule has 1 unspecified atom stereocenters. The van der Waals surface area contributed by atoms with Gasteiger partial charge >= 0.3 is 6.03 Å². The van der Waals surface area contributed by atoms with Crippen LogP contribution in [0.15, 0.2) is 48.5 Å². The van der Waals surface area contributed by atoms with Gasteiger partial charge in [0.25, 0.3) is 0 Å². The van der Waals surface area contributed by atoms with Gasteiger partial charge in [-0.1, -0.05) is 47.5 Å². The van der Waals surface area contributed by atoms with Crippen LogP contribution in [-0.4, -0.2) is 46.2 Å². The van der Waals surface area contributed by atoms with Gasteiger partial charge in [0.1, 0.15) is 18.6 Å². The fourth-order valence-electron chi connectivity index (χ4n) is 3.03. The molecule has 1 N–H and O–H groups in total. The Kier molecular flexibility index (Phi) is 6.72. The molecule has 1 aliphatic heterocycles. The number of alkyl halides is 2. The Morgan fingerprint density at radius 2 is 1.34 bits per heavy atom. The third-order valence-electron chi connectivity index (χ3n) is 4.66. The second-order valence-corrected chi connectivity index (χ2v) is 7.54. The van der Waals surface area contributed by atoms with Crippen LogP contribution in [0.3, 0.4) is 0 Å². The van der Waals surface area contributed by atoms with Crippen LogP contribution >= 0.6 is 23.2 Å². The van der Waals surface area contributed by atoms with Gasteiger partial charge in [-0.25, -0.2) is 13.6 Å². The molecule has 0 radical (unpaired) electrons. The van der Waals surface area contributed by atoms with Crippen molar-refractivity contribution in [3.8, 4) is 0 Å².